The zero-order chi connectivity index (χ0) is 10.0. The molecule has 0 radical (unpaired) electrons. The van der Waals surface area contributed by atoms with Gasteiger partial charge in [-0.15, -0.1) is 0 Å². The molecular formula is C8H7BrClNO2. The standard InChI is InChI=1S/C8H7BrClNO2/c9-8-5(10)1-4(2-6(8)11)3-7(12)13/h1-2H,3,11H2,(H,12,13). The van der Waals surface area contributed by atoms with Gasteiger partial charge in [0, 0.05) is 5.69 Å². The van der Waals surface area contributed by atoms with Crippen molar-refractivity contribution in [3.05, 3.63) is 27.2 Å². The number of carboxylic acid groups (broad SMARTS) is 1. The molecule has 0 aliphatic heterocycles. The molecule has 0 saturated carbocycles. The zero-order valence-electron chi connectivity index (χ0n) is 6.55. The van der Waals surface area contributed by atoms with Crippen LogP contribution in [0.25, 0.3) is 0 Å². The summed E-state index contributed by atoms with van der Waals surface area (Å²) in [6.45, 7) is 0. The van der Waals surface area contributed by atoms with E-state index in [2.05, 4.69) is 15.9 Å². The van der Waals surface area contributed by atoms with E-state index >= 15 is 0 Å². The van der Waals surface area contributed by atoms with Crippen molar-refractivity contribution >= 4 is 39.2 Å². The molecule has 3 nitrogen and oxygen atoms in total. The van der Waals surface area contributed by atoms with Gasteiger partial charge in [0.05, 0.1) is 15.9 Å². The second-order valence-corrected chi connectivity index (χ2v) is 3.75. The van der Waals surface area contributed by atoms with Crippen molar-refractivity contribution in [3.63, 3.8) is 0 Å². The van der Waals surface area contributed by atoms with E-state index in [1.165, 1.54) is 0 Å². The Balaban J connectivity index is 3.06. The average molecular weight is 265 g/mol. The summed E-state index contributed by atoms with van der Waals surface area (Å²) in [6.07, 6.45) is -0.0722. The van der Waals surface area contributed by atoms with Crippen LogP contribution < -0.4 is 5.73 Å². The van der Waals surface area contributed by atoms with Gasteiger partial charge in [0.25, 0.3) is 0 Å². The number of nitrogen functional groups attached to an aromatic ring is 1. The fraction of sp³-hybridized carbons (Fsp3) is 0.125. The Morgan fingerprint density at radius 3 is 2.69 bits per heavy atom. The lowest BCUT2D eigenvalue weighted by atomic mass is 10.1. The number of hydrogen-bond acceptors (Lipinski definition) is 2. The van der Waals surface area contributed by atoms with Gasteiger partial charge in [-0.25, -0.2) is 0 Å². The van der Waals surface area contributed by atoms with E-state index in [4.69, 9.17) is 22.4 Å². The molecule has 0 fully saturated rings. The Morgan fingerprint density at radius 1 is 1.62 bits per heavy atom. The van der Waals surface area contributed by atoms with E-state index in [9.17, 15) is 4.79 Å². The fourth-order valence-electron chi connectivity index (χ4n) is 0.945. The number of benzene rings is 1. The monoisotopic (exact) mass is 263 g/mol. The van der Waals surface area contributed by atoms with Gasteiger partial charge in [-0.1, -0.05) is 11.6 Å². The molecule has 0 spiro atoms. The van der Waals surface area contributed by atoms with Crippen LogP contribution in [0.2, 0.25) is 5.02 Å². The Labute approximate surface area is 88.6 Å². The predicted octanol–water partition coefficient (Wildman–Crippen LogP) is 2.31. The van der Waals surface area contributed by atoms with Gasteiger partial charge in [-0.05, 0) is 33.6 Å². The van der Waals surface area contributed by atoms with Crippen molar-refractivity contribution < 1.29 is 9.90 Å². The summed E-state index contributed by atoms with van der Waals surface area (Å²) in [5.41, 5.74) is 6.62. The molecule has 0 amide bonds. The third kappa shape index (κ3) is 2.60. The lowest BCUT2D eigenvalue weighted by molar-refractivity contribution is -0.136. The van der Waals surface area contributed by atoms with E-state index in [0.29, 0.717) is 20.7 Å². The summed E-state index contributed by atoms with van der Waals surface area (Å²) in [4.78, 5) is 10.4. The largest absolute Gasteiger partial charge is 0.481 e. The van der Waals surface area contributed by atoms with Crippen LogP contribution in [-0.2, 0) is 11.2 Å². The summed E-state index contributed by atoms with van der Waals surface area (Å²) in [6, 6.07) is 3.17. The zero-order valence-corrected chi connectivity index (χ0v) is 8.89. The molecule has 0 saturated heterocycles. The molecule has 0 aliphatic rings. The summed E-state index contributed by atoms with van der Waals surface area (Å²) < 4.78 is 0.600. The number of carboxylic acids is 1. The third-order valence-electron chi connectivity index (χ3n) is 1.47. The Hall–Kier alpha value is -0.740. The Kier molecular flexibility index (Phi) is 3.17. The van der Waals surface area contributed by atoms with Crippen molar-refractivity contribution in [2.24, 2.45) is 0 Å². The van der Waals surface area contributed by atoms with E-state index in [1.807, 2.05) is 0 Å². The maximum Gasteiger partial charge on any atom is 0.307 e. The van der Waals surface area contributed by atoms with Gasteiger partial charge < -0.3 is 10.8 Å². The van der Waals surface area contributed by atoms with Crippen LogP contribution in [0.3, 0.4) is 0 Å². The second kappa shape index (κ2) is 3.98. The average Bonchev–Trinajstić information content (AvgIpc) is 1.98. The SMILES string of the molecule is Nc1cc(CC(=O)O)cc(Cl)c1Br. The third-order valence-corrected chi connectivity index (χ3v) is 2.88. The molecule has 0 bridgehead atoms. The van der Waals surface area contributed by atoms with Crippen molar-refractivity contribution in [3.8, 4) is 0 Å². The lowest BCUT2D eigenvalue weighted by Crippen LogP contribution is -2.01. The molecule has 1 rings (SSSR count). The molecule has 0 heterocycles. The highest BCUT2D eigenvalue weighted by Gasteiger charge is 2.06. The molecule has 3 N–H and O–H groups in total. The molecule has 0 aliphatic carbocycles. The number of aliphatic carboxylic acids is 1. The van der Waals surface area contributed by atoms with Crippen LogP contribution in [0.1, 0.15) is 5.56 Å². The summed E-state index contributed by atoms with van der Waals surface area (Å²) >= 11 is 8.96. The van der Waals surface area contributed by atoms with Crippen LogP contribution in [0.15, 0.2) is 16.6 Å². The van der Waals surface area contributed by atoms with Crippen LogP contribution in [0.5, 0.6) is 0 Å². The number of rotatable bonds is 2. The molecule has 5 heteroatoms. The molecule has 0 atom stereocenters. The van der Waals surface area contributed by atoms with Crippen molar-refractivity contribution in [1.29, 1.82) is 0 Å². The quantitative estimate of drug-likeness (QED) is 0.806. The lowest BCUT2D eigenvalue weighted by Gasteiger charge is -2.04. The summed E-state index contributed by atoms with van der Waals surface area (Å²) in [7, 11) is 0. The number of anilines is 1. The first kappa shape index (κ1) is 10.3. The van der Waals surface area contributed by atoms with Gasteiger partial charge in [-0.2, -0.15) is 0 Å². The van der Waals surface area contributed by atoms with Crippen molar-refractivity contribution in [2.45, 2.75) is 6.42 Å². The Morgan fingerprint density at radius 2 is 2.23 bits per heavy atom. The maximum absolute atomic E-state index is 10.4. The number of carbonyl (C=O) groups is 1. The van der Waals surface area contributed by atoms with Crippen molar-refractivity contribution in [1.82, 2.24) is 0 Å². The molecular weight excluding hydrogens is 257 g/mol. The number of nitrogens with two attached hydrogens (primary N) is 1. The van der Waals surface area contributed by atoms with Crippen LogP contribution in [-0.4, -0.2) is 11.1 Å². The van der Waals surface area contributed by atoms with Gasteiger partial charge in [0.15, 0.2) is 0 Å². The molecule has 13 heavy (non-hydrogen) atoms. The highest BCUT2D eigenvalue weighted by Crippen LogP contribution is 2.29. The van der Waals surface area contributed by atoms with E-state index in [-0.39, 0.29) is 6.42 Å². The number of halogens is 2. The van der Waals surface area contributed by atoms with E-state index in [0.717, 1.165) is 0 Å². The maximum atomic E-state index is 10.4. The molecule has 0 aromatic heterocycles. The topological polar surface area (TPSA) is 63.3 Å². The summed E-state index contributed by atoms with van der Waals surface area (Å²) in [5, 5.41) is 8.95. The highest BCUT2D eigenvalue weighted by atomic mass is 79.9. The summed E-state index contributed by atoms with van der Waals surface area (Å²) in [5.74, 6) is -0.905. The predicted molar refractivity (Wildman–Crippen MR) is 54.9 cm³/mol. The molecule has 0 unspecified atom stereocenters. The first-order valence-corrected chi connectivity index (χ1v) is 4.63. The van der Waals surface area contributed by atoms with Crippen LogP contribution in [0, 0.1) is 0 Å². The Bertz CT molecular complexity index is 331. The van der Waals surface area contributed by atoms with Gasteiger partial charge in [0.1, 0.15) is 0 Å². The first-order chi connectivity index (χ1) is 6.00. The van der Waals surface area contributed by atoms with E-state index in [1.54, 1.807) is 12.1 Å². The molecule has 70 valence electrons. The minimum absolute atomic E-state index is 0.0722. The van der Waals surface area contributed by atoms with Crippen LogP contribution >= 0.6 is 27.5 Å². The smallest absolute Gasteiger partial charge is 0.307 e. The van der Waals surface area contributed by atoms with Crippen molar-refractivity contribution in [2.75, 3.05) is 5.73 Å². The van der Waals surface area contributed by atoms with Gasteiger partial charge in [0.2, 0.25) is 0 Å². The van der Waals surface area contributed by atoms with Gasteiger partial charge in [-0.3, -0.25) is 4.79 Å². The highest BCUT2D eigenvalue weighted by molar-refractivity contribution is 9.10. The van der Waals surface area contributed by atoms with Gasteiger partial charge >= 0.3 is 5.97 Å². The fourth-order valence-corrected chi connectivity index (χ4v) is 1.42. The normalized spacial score (nSPS) is 10.0. The second-order valence-electron chi connectivity index (χ2n) is 2.55. The molecule has 1 aromatic carbocycles. The minimum Gasteiger partial charge on any atom is -0.481 e. The van der Waals surface area contributed by atoms with Crippen LogP contribution in [0.4, 0.5) is 5.69 Å². The minimum atomic E-state index is -0.905. The van der Waals surface area contributed by atoms with E-state index < -0.39 is 5.97 Å². The molecule has 1 aromatic rings. The first-order valence-electron chi connectivity index (χ1n) is 3.46. The number of hydrogen-bond donors (Lipinski definition) is 2.